The third-order valence-corrected chi connectivity index (χ3v) is 3.05. The smallest absolute Gasteiger partial charge is 0.220 e. The van der Waals surface area contributed by atoms with Gasteiger partial charge in [-0.15, -0.1) is 0 Å². The maximum Gasteiger partial charge on any atom is 0.220 e. The van der Waals surface area contributed by atoms with Gasteiger partial charge in [-0.3, -0.25) is 4.79 Å². The van der Waals surface area contributed by atoms with E-state index < -0.39 is 0 Å². The van der Waals surface area contributed by atoms with Gasteiger partial charge in [-0.25, -0.2) is 0 Å². The average molecular weight is 243 g/mol. The Morgan fingerprint density at radius 2 is 2.17 bits per heavy atom. The van der Waals surface area contributed by atoms with Crippen molar-refractivity contribution in [3.05, 3.63) is 42.9 Å². The van der Waals surface area contributed by atoms with Crippen LogP contribution in [0.4, 0.5) is 0 Å². The number of benzene rings is 1. The van der Waals surface area contributed by atoms with Gasteiger partial charge in [0.2, 0.25) is 5.91 Å². The highest BCUT2D eigenvalue weighted by molar-refractivity contribution is 5.83. The van der Waals surface area contributed by atoms with Crippen molar-refractivity contribution in [1.82, 2.24) is 10.3 Å². The Morgan fingerprint density at radius 1 is 1.33 bits per heavy atom. The van der Waals surface area contributed by atoms with Gasteiger partial charge in [-0.1, -0.05) is 31.5 Å². The monoisotopic (exact) mass is 243 g/mol. The summed E-state index contributed by atoms with van der Waals surface area (Å²) in [7, 11) is 0. The maximum atomic E-state index is 11.4. The molecule has 0 saturated carbocycles. The molecule has 0 aliphatic heterocycles. The highest BCUT2D eigenvalue weighted by Gasteiger charge is 2.04. The molecule has 1 amide bonds. The van der Waals surface area contributed by atoms with Crippen LogP contribution in [-0.2, 0) is 11.2 Å². The molecule has 3 heteroatoms. The van der Waals surface area contributed by atoms with Gasteiger partial charge in [0.05, 0.1) is 0 Å². The first-order valence-electron chi connectivity index (χ1n) is 6.42. The van der Waals surface area contributed by atoms with Crippen LogP contribution in [0.5, 0.6) is 0 Å². The average Bonchev–Trinajstić information content (AvgIpc) is 2.80. The Bertz CT molecular complexity index is 516. The summed E-state index contributed by atoms with van der Waals surface area (Å²) >= 11 is 0. The minimum Gasteiger partial charge on any atom is -0.361 e. The van der Waals surface area contributed by atoms with Crippen LogP contribution in [-0.4, -0.2) is 17.4 Å². The van der Waals surface area contributed by atoms with Crippen molar-refractivity contribution < 1.29 is 4.79 Å². The lowest BCUT2D eigenvalue weighted by atomic mass is 10.1. The fourth-order valence-electron chi connectivity index (χ4n) is 2.05. The van der Waals surface area contributed by atoms with E-state index in [2.05, 4.69) is 29.4 Å². The van der Waals surface area contributed by atoms with Gasteiger partial charge in [0.25, 0.3) is 0 Å². The van der Waals surface area contributed by atoms with E-state index in [0.717, 1.165) is 24.8 Å². The number of rotatable bonds is 6. The SMILES string of the molecule is [CH2]CCCC(=O)NCCc1c[nH]c2ccccc12. The van der Waals surface area contributed by atoms with Crippen LogP contribution >= 0.6 is 0 Å². The van der Waals surface area contributed by atoms with Crippen LogP contribution in [0.15, 0.2) is 30.5 Å². The predicted molar refractivity (Wildman–Crippen MR) is 74.2 cm³/mol. The van der Waals surface area contributed by atoms with E-state index in [-0.39, 0.29) is 5.91 Å². The summed E-state index contributed by atoms with van der Waals surface area (Å²) in [6.45, 7) is 4.42. The number of hydrogen-bond acceptors (Lipinski definition) is 1. The third kappa shape index (κ3) is 3.13. The Hall–Kier alpha value is -1.77. The number of fused-ring (bicyclic) bond motifs is 1. The number of unbranched alkanes of at least 4 members (excludes halogenated alkanes) is 1. The lowest BCUT2D eigenvalue weighted by Gasteiger charge is -2.04. The zero-order valence-corrected chi connectivity index (χ0v) is 10.5. The fraction of sp³-hybridized carbons (Fsp3) is 0.333. The molecule has 0 saturated heterocycles. The topological polar surface area (TPSA) is 44.9 Å². The molecule has 2 aromatic rings. The van der Waals surface area contributed by atoms with Crippen LogP contribution < -0.4 is 5.32 Å². The molecule has 0 spiro atoms. The highest BCUT2D eigenvalue weighted by Crippen LogP contribution is 2.17. The molecule has 3 nitrogen and oxygen atoms in total. The van der Waals surface area contributed by atoms with Gasteiger partial charge in [0, 0.05) is 30.1 Å². The second kappa shape index (κ2) is 6.24. The van der Waals surface area contributed by atoms with Crippen LogP contribution in [0, 0.1) is 6.92 Å². The first-order valence-corrected chi connectivity index (χ1v) is 6.42. The lowest BCUT2D eigenvalue weighted by molar-refractivity contribution is -0.121. The quantitative estimate of drug-likeness (QED) is 0.805. The fourth-order valence-corrected chi connectivity index (χ4v) is 2.05. The van der Waals surface area contributed by atoms with Crippen LogP contribution in [0.2, 0.25) is 0 Å². The number of hydrogen-bond donors (Lipinski definition) is 2. The number of aromatic amines is 1. The molecule has 2 N–H and O–H groups in total. The van der Waals surface area contributed by atoms with Gasteiger partial charge >= 0.3 is 0 Å². The van der Waals surface area contributed by atoms with E-state index in [4.69, 9.17) is 0 Å². The summed E-state index contributed by atoms with van der Waals surface area (Å²) in [5, 5.41) is 4.18. The lowest BCUT2D eigenvalue weighted by Crippen LogP contribution is -2.25. The van der Waals surface area contributed by atoms with Gasteiger partial charge in [0.1, 0.15) is 0 Å². The number of amides is 1. The maximum absolute atomic E-state index is 11.4. The molecular weight excluding hydrogens is 224 g/mol. The number of carbonyl (C=O) groups is 1. The van der Waals surface area contributed by atoms with E-state index in [0.29, 0.717) is 13.0 Å². The van der Waals surface area contributed by atoms with Crippen molar-refractivity contribution in [3.8, 4) is 0 Å². The zero-order chi connectivity index (χ0) is 12.8. The van der Waals surface area contributed by atoms with E-state index in [1.54, 1.807) is 0 Å². The molecule has 1 heterocycles. The first kappa shape index (κ1) is 12.7. The normalized spacial score (nSPS) is 10.7. The Balaban J connectivity index is 1.85. The van der Waals surface area contributed by atoms with E-state index in [9.17, 15) is 4.79 Å². The Labute approximate surface area is 108 Å². The summed E-state index contributed by atoms with van der Waals surface area (Å²) in [6, 6.07) is 8.22. The molecule has 0 fully saturated rings. The molecule has 95 valence electrons. The second-order valence-corrected chi connectivity index (χ2v) is 4.42. The van der Waals surface area contributed by atoms with Crippen molar-refractivity contribution in [1.29, 1.82) is 0 Å². The Morgan fingerprint density at radius 3 is 3.00 bits per heavy atom. The molecule has 0 unspecified atom stereocenters. The number of carbonyl (C=O) groups excluding carboxylic acids is 1. The summed E-state index contributed by atoms with van der Waals surface area (Å²) < 4.78 is 0. The molecular formula is C15H19N2O. The van der Waals surface area contributed by atoms with Crippen molar-refractivity contribution in [3.63, 3.8) is 0 Å². The summed E-state index contributed by atoms with van der Waals surface area (Å²) in [5.74, 6) is 0.124. The van der Waals surface area contributed by atoms with E-state index in [1.807, 2.05) is 18.3 Å². The largest absolute Gasteiger partial charge is 0.361 e. The van der Waals surface area contributed by atoms with Crippen LogP contribution in [0.25, 0.3) is 10.9 Å². The molecule has 1 aromatic heterocycles. The van der Waals surface area contributed by atoms with E-state index >= 15 is 0 Å². The molecule has 0 aliphatic rings. The molecule has 18 heavy (non-hydrogen) atoms. The van der Waals surface area contributed by atoms with Gasteiger partial charge in [-0.2, -0.15) is 0 Å². The van der Waals surface area contributed by atoms with Gasteiger partial charge < -0.3 is 10.3 Å². The molecule has 0 aliphatic carbocycles. The number of H-pyrrole nitrogens is 1. The summed E-state index contributed by atoms with van der Waals surface area (Å²) in [6.07, 6.45) is 5.14. The van der Waals surface area contributed by atoms with Gasteiger partial charge in [0.15, 0.2) is 0 Å². The van der Waals surface area contributed by atoms with Crippen LogP contribution in [0.1, 0.15) is 24.8 Å². The van der Waals surface area contributed by atoms with E-state index in [1.165, 1.54) is 10.9 Å². The van der Waals surface area contributed by atoms with Crippen molar-refractivity contribution in [2.24, 2.45) is 0 Å². The molecule has 0 bridgehead atoms. The third-order valence-electron chi connectivity index (χ3n) is 3.05. The first-order chi connectivity index (χ1) is 8.81. The minimum atomic E-state index is 0.124. The van der Waals surface area contributed by atoms with Gasteiger partial charge in [-0.05, 0) is 24.5 Å². The number of nitrogens with one attached hydrogen (secondary N) is 2. The minimum absolute atomic E-state index is 0.124. The molecule has 1 aromatic carbocycles. The van der Waals surface area contributed by atoms with Crippen molar-refractivity contribution >= 4 is 16.8 Å². The predicted octanol–water partition coefficient (Wildman–Crippen LogP) is 2.83. The van der Waals surface area contributed by atoms with Crippen molar-refractivity contribution in [2.75, 3.05) is 6.54 Å². The molecule has 0 atom stereocenters. The zero-order valence-electron chi connectivity index (χ0n) is 10.5. The standard InChI is InChI=1S/C15H19N2O/c1-2-3-8-15(18)16-10-9-12-11-17-14-7-5-4-6-13(12)14/h4-7,11,17H,1-3,8-10H2,(H,16,18). The number of aromatic nitrogens is 1. The summed E-state index contributed by atoms with van der Waals surface area (Å²) in [4.78, 5) is 14.7. The second-order valence-electron chi connectivity index (χ2n) is 4.42. The van der Waals surface area contributed by atoms with Crippen LogP contribution in [0.3, 0.4) is 0 Å². The molecule has 2 rings (SSSR count). The summed E-state index contributed by atoms with van der Waals surface area (Å²) in [5.41, 5.74) is 2.40. The highest BCUT2D eigenvalue weighted by atomic mass is 16.1. The molecule has 1 radical (unpaired) electrons. The Kier molecular flexibility index (Phi) is 4.40. The van der Waals surface area contributed by atoms with Crippen molar-refractivity contribution in [2.45, 2.75) is 25.7 Å². The number of para-hydroxylation sites is 1.